The fourth-order valence-corrected chi connectivity index (χ4v) is 18.1. The number of hydrogen-bond acceptors (Lipinski definition) is 1. The van der Waals surface area contributed by atoms with E-state index in [-0.39, 0.29) is 0 Å². The van der Waals surface area contributed by atoms with Crippen molar-refractivity contribution < 1.29 is 4.42 Å². The molecular formula is C99H60O. The summed E-state index contributed by atoms with van der Waals surface area (Å²) in [5, 5.41) is 21.7. The Morgan fingerprint density at radius 3 is 1.11 bits per heavy atom. The molecule has 1 heteroatoms. The number of furan rings is 1. The van der Waals surface area contributed by atoms with Gasteiger partial charge >= 0.3 is 0 Å². The van der Waals surface area contributed by atoms with Gasteiger partial charge in [-0.25, -0.2) is 0 Å². The molecule has 0 bridgehead atoms. The summed E-state index contributed by atoms with van der Waals surface area (Å²) >= 11 is 0. The van der Waals surface area contributed by atoms with Gasteiger partial charge in [-0.2, -0.15) is 0 Å². The molecule has 0 amide bonds. The van der Waals surface area contributed by atoms with Crippen molar-refractivity contribution in [3.8, 4) is 77.9 Å². The van der Waals surface area contributed by atoms with Gasteiger partial charge in [-0.05, 0) is 205 Å². The van der Waals surface area contributed by atoms with E-state index in [1.807, 2.05) is 0 Å². The van der Waals surface area contributed by atoms with Crippen molar-refractivity contribution in [2.24, 2.45) is 0 Å². The van der Waals surface area contributed by atoms with Gasteiger partial charge in [0.15, 0.2) is 0 Å². The smallest absolute Gasteiger partial charge is 0.144 e. The van der Waals surface area contributed by atoms with E-state index in [1.165, 1.54) is 170 Å². The highest BCUT2D eigenvalue weighted by atomic mass is 16.3. The minimum absolute atomic E-state index is 0.763. The maximum Gasteiger partial charge on any atom is 0.144 e. The van der Waals surface area contributed by atoms with E-state index in [2.05, 4.69) is 364 Å². The van der Waals surface area contributed by atoms with Crippen molar-refractivity contribution in [1.29, 1.82) is 0 Å². The van der Waals surface area contributed by atoms with Crippen LogP contribution in [0.4, 0.5) is 0 Å². The summed E-state index contributed by atoms with van der Waals surface area (Å²) in [5.41, 5.74) is 22.7. The van der Waals surface area contributed by atoms with Crippen molar-refractivity contribution in [2.75, 3.05) is 0 Å². The highest BCUT2D eigenvalue weighted by molar-refractivity contribution is 6.30. The fraction of sp³-hybridized carbons (Fsp3) is 0.0101. The zero-order chi connectivity index (χ0) is 65.6. The molecule has 0 atom stereocenters. The first-order chi connectivity index (χ1) is 49.7. The first-order valence-electron chi connectivity index (χ1n) is 34.8. The molecule has 1 aliphatic carbocycles. The SMILES string of the molecule is c1ccc(-c2c3ccccc3c(-c3cccc4c3ccc3c(-c5ccccc5)c5ccc(-c6cccc7c8c(ccc67)C(c6ccccc6)(c6ccccc6)c6cc(-c7c9ccccc9c(-c9ccccc9)c9ccccc79)c7c(oc9ccccc97)c6-8)cc5cc34)c3ccccc23)cc1. The van der Waals surface area contributed by atoms with Crippen LogP contribution < -0.4 is 0 Å². The van der Waals surface area contributed by atoms with Crippen LogP contribution in [0.15, 0.2) is 368 Å². The molecule has 0 saturated carbocycles. The van der Waals surface area contributed by atoms with Crippen LogP contribution in [0.3, 0.4) is 0 Å². The molecule has 100 heavy (non-hydrogen) atoms. The Kier molecular flexibility index (Phi) is 12.4. The predicted octanol–water partition coefficient (Wildman–Crippen LogP) is 27.2. The fourth-order valence-electron chi connectivity index (χ4n) is 18.1. The molecule has 20 aromatic rings. The first-order valence-corrected chi connectivity index (χ1v) is 34.8. The van der Waals surface area contributed by atoms with Crippen molar-refractivity contribution in [1.82, 2.24) is 0 Å². The topological polar surface area (TPSA) is 13.1 Å². The molecule has 0 N–H and O–H groups in total. The van der Waals surface area contributed by atoms with Crippen molar-refractivity contribution in [3.63, 3.8) is 0 Å². The lowest BCUT2D eigenvalue weighted by molar-refractivity contribution is 0.669. The van der Waals surface area contributed by atoms with Gasteiger partial charge in [-0.1, -0.05) is 340 Å². The van der Waals surface area contributed by atoms with E-state index in [4.69, 9.17) is 4.42 Å². The van der Waals surface area contributed by atoms with E-state index in [0.29, 0.717) is 0 Å². The minimum atomic E-state index is -0.763. The lowest BCUT2D eigenvalue weighted by Crippen LogP contribution is -2.28. The molecular weight excluding hydrogens is 1210 g/mol. The zero-order valence-electron chi connectivity index (χ0n) is 54.5. The van der Waals surface area contributed by atoms with Crippen molar-refractivity contribution >= 4 is 108 Å². The number of hydrogen-bond donors (Lipinski definition) is 0. The summed E-state index contributed by atoms with van der Waals surface area (Å²) in [5.74, 6) is 0. The second-order valence-electron chi connectivity index (χ2n) is 27.0. The number of rotatable bonds is 8. The summed E-state index contributed by atoms with van der Waals surface area (Å²) in [6.07, 6.45) is 0. The minimum Gasteiger partial charge on any atom is -0.455 e. The predicted molar refractivity (Wildman–Crippen MR) is 424 cm³/mol. The van der Waals surface area contributed by atoms with Crippen LogP contribution in [-0.4, -0.2) is 0 Å². The molecule has 0 aliphatic heterocycles. The average Bonchev–Trinajstić information content (AvgIpc) is 1.49. The average molecular weight is 1270 g/mol. The van der Waals surface area contributed by atoms with Crippen LogP contribution in [0.5, 0.6) is 0 Å². The van der Waals surface area contributed by atoms with E-state index >= 15 is 0 Å². The van der Waals surface area contributed by atoms with Crippen LogP contribution >= 0.6 is 0 Å². The van der Waals surface area contributed by atoms with E-state index < -0.39 is 5.41 Å². The maximum atomic E-state index is 7.61. The molecule has 1 heterocycles. The van der Waals surface area contributed by atoms with Gasteiger partial charge in [0.1, 0.15) is 11.2 Å². The molecule has 21 rings (SSSR count). The lowest BCUT2D eigenvalue weighted by Gasteiger charge is -2.34. The molecule has 462 valence electrons. The Morgan fingerprint density at radius 2 is 0.570 bits per heavy atom. The molecule has 1 aromatic heterocycles. The Bertz CT molecular complexity index is 6630. The largest absolute Gasteiger partial charge is 0.455 e. The molecule has 0 unspecified atom stereocenters. The second kappa shape index (κ2) is 22.0. The van der Waals surface area contributed by atoms with Crippen molar-refractivity contribution in [2.45, 2.75) is 5.41 Å². The van der Waals surface area contributed by atoms with Crippen LogP contribution in [0.25, 0.3) is 186 Å². The van der Waals surface area contributed by atoms with Gasteiger partial charge in [0.2, 0.25) is 0 Å². The van der Waals surface area contributed by atoms with Gasteiger partial charge in [-0.15, -0.1) is 0 Å². The lowest BCUT2D eigenvalue weighted by atomic mass is 9.67. The summed E-state index contributed by atoms with van der Waals surface area (Å²) in [4.78, 5) is 0. The molecule has 19 aromatic carbocycles. The van der Waals surface area contributed by atoms with Crippen LogP contribution in [0.2, 0.25) is 0 Å². The van der Waals surface area contributed by atoms with Gasteiger partial charge < -0.3 is 4.42 Å². The molecule has 1 aliphatic rings. The Balaban J connectivity index is 0.826. The van der Waals surface area contributed by atoms with Gasteiger partial charge in [0, 0.05) is 16.3 Å². The van der Waals surface area contributed by atoms with E-state index in [1.54, 1.807) is 0 Å². The maximum absolute atomic E-state index is 7.61. The first kappa shape index (κ1) is 56.3. The van der Waals surface area contributed by atoms with Crippen LogP contribution in [0.1, 0.15) is 22.3 Å². The summed E-state index contributed by atoms with van der Waals surface area (Å²) in [6, 6.07) is 136. The quantitative estimate of drug-likeness (QED) is 0.109. The monoisotopic (exact) mass is 1260 g/mol. The number of benzene rings is 19. The highest BCUT2D eigenvalue weighted by Crippen LogP contribution is 2.63. The Morgan fingerprint density at radius 1 is 0.190 bits per heavy atom. The molecule has 0 saturated heterocycles. The number of fused-ring (bicyclic) bond motifs is 17. The van der Waals surface area contributed by atoms with Crippen molar-refractivity contribution in [3.05, 3.63) is 386 Å². The second-order valence-corrected chi connectivity index (χ2v) is 27.0. The summed E-state index contributed by atoms with van der Waals surface area (Å²) < 4.78 is 7.61. The molecule has 0 radical (unpaired) electrons. The summed E-state index contributed by atoms with van der Waals surface area (Å²) in [7, 11) is 0. The van der Waals surface area contributed by atoms with Crippen LogP contribution in [0, 0.1) is 0 Å². The van der Waals surface area contributed by atoms with Gasteiger partial charge in [0.25, 0.3) is 0 Å². The normalized spacial score (nSPS) is 12.7. The standard InChI is InChI=1S/C99H60O/c1-6-28-61(29-7-1)90-69-53-52-64(58-65(69)59-85-70-48-27-49-73(72(70)54-55-83(85)90)93-79-42-20-16-38-75(79)91(62-30-8-2-9-31-62)76-39-17-21-43-80(76)93)68-47-26-50-74-71(68)56-57-87-96(74)97-88(99(87,66-34-12-4-13-35-66)67-36-14-5-15-37-67)60-86(95-84-46-24-25-51-89(84)100-98(95)97)94-81-44-22-18-40-77(81)92(63-32-10-3-11-33-63)78-41-19-23-45-82(78)94/h1-60H. The van der Waals surface area contributed by atoms with Gasteiger partial charge in [0.05, 0.1) is 5.41 Å². The third-order valence-corrected chi connectivity index (χ3v) is 22.1. The van der Waals surface area contributed by atoms with E-state index in [0.717, 1.165) is 38.6 Å². The Labute approximate surface area is 578 Å². The van der Waals surface area contributed by atoms with Gasteiger partial charge in [-0.3, -0.25) is 0 Å². The molecule has 0 spiro atoms. The molecule has 0 fully saturated rings. The Hall–Kier alpha value is -12.9. The zero-order valence-corrected chi connectivity index (χ0v) is 54.5. The van der Waals surface area contributed by atoms with Crippen LogP contribution in [-0.2, 0) is 5.41 Å². The summed E-state index contributed by atoms with van der Waals surface area (Å²) in [6.45, 7) is 0. The third kappa shape index (κ3) is 8.06. The third-order valence-electron chi connectivity index (χ3n) is 22.1. The highest BCUT2D eigenvalue weighted by Gasteiger charge is 2.49. The number of para-hydroxylation sites is 1. The molecule has 1 nitrogen and oxygen atoms in total. The van der Waals surface area contributed by atoms with E-state index in [9.17, 15) is 0 Å².